The Morgan fingerprint density at radius 2 is 2.00 bits per heavy atom. The fourth-order valence-electron chi connectivity index (χ4n) is 2.41. The van der Waals surface area contributed by atoms with Gasteiger partial charge < -0.3 is 4.90 Å². The highest BCUT2D eigenvalue weighted by atomic mass is 16.2. The zero-order chi connectivity index (χ0) is 13.2. The number of benzene rings is 1. The third-order valence-corrected chi connectivity index (χ3v) is 3.41. The van der Waals surface area contributed by atoms with Crippen molar-refractivity contribution in [3.05, 3.63) is 59.2 Å². The van der Waals surface area contributed by atoms with E-state index in [2.05, 4.69) is 22.1 Å². The molecule has 0 saturated carbocycles. The molecule has 1 aliphatic heterocycles. The molecule has 4 heteroatoms. The van der Waals surface area contributed by atoms with Crippen molar-refractivity contribution in [2.75, 3.05) is 6.54 Å². The first-order valence-electron chi connectivity index (χ1n) is 6.40. The van der Waals surface area contributed by atoms with Crippen LogP contribution in [-0.2, 0) is 13.0 Å². The molecule has 19 heavy (non-hydrogen) atoms. The summed E-state index contributed by atoms with van der Waals surface area (Å²) >= 11 is 0. The fraction of sp³-hybridized carbons (Fsp3) is 0.267. The first kappa shape index (κ1) is 11.8. The standard InChI is InChI=1S/C15H15N3O/c1-11-16-8-6-14(17-11)15(19)18-9-7-12-4-2-3-5-13(12)10-18/h2-6,8H,7,9-10H2,1H3. The van der Waals surface area contributed by atoms with Crippen LogP contribution < -0.4 is 0 Å². The molecule has 0 atom stereocenters. The molecule has 1 aromatic carbocycles. The van der Waals surface area contributed by atoms with Gasteiger partial charge in [0.15, 0.2) is 0 Å². The van der Waals surface area contributed by atoms with Gasteiger partial charge in [0.25, 0.3) is 5.91 Å². The zero-order valence-electron chi connectivity index (χ0n) is 10.8. The summed E-state index contributed by atoms with van der Waals surface area (Å²) in [6.07, 6.45) is 2.54. The van der Waals surface area contributed by atoms with Crippen molar-refractivity contribution in [3.8, 4) is 0 Å². The van der Waals surface area contributed by atoms with E-state index in [-0.39, 0.29) is 5.91 Å². The molecular weight excluding hydrogens is 238 g/mol. The average molecular weight is 253 g/mol. The minimum atomic E-state index is -0.0139. The number of aryl methyl sites for hydroxylation is 1. The van der Waals surface area contributed by atoms with Crippen molar-refractivity contribution in [1.29, 1.82) is 0 Å². The maximum absolute atomic E-state index is 12.4. The Morgan fingerprint density at radius 1 is 1.21 bits per heavy atom. The predicted octanol–water partition coefficient (Wildman–Crippen LogP) is 1.98. The lowest BCUT2D eigenvalue weighted by molar-refractivity contribution is 0.0728. The molecule has 4 nitrogen and oxygen atoms in total. The molecule has 1 aliphatic rings. The van der Waals surface area contributed by atoms with Crippen LogP contribution in [0.5, 0.6) is 0 Å². The monoisotopic (exact) mass is 253 g/mol. The van der Waals surface area contributed by atoms with E-state index in [1.54, 1.807) is 19.2 Å². The number of hydrogen-bond donors (Lipinski definition) is 0. The molecule has 2 aromatic rings. The van der Waals surface area contributed by atoms with Crippen LogP contribution in [0.15, 0.2) is 36.5 Å². The molecule has 0 N–H and O–H groups in total. The first-order valence-corrected chi connectivity index (χ1v) is 6.40. The normalized spacial score (nSPS) is 14.1. The highest BCUT2D eigenvalue weighted by molar-refractivity contribution is 5.92. The first-order chi connectivity index (χ1) is 9.24. The minimum Gasteiger partial charge on any atom is -0.333 e. The number of rotatable bonds is 1. The Labute approximate surface area is 112 Å². The Kier molecular flexibility index (Phi) is 2.99. The van der Waals surface area contributed by atoms with Crippen LogP contribution in [0.25, 0.3) is 0 Å². The van der Waals surface area contributed by atoms with Gasteiger partial charge >= 0.3 is 0 Å². The van der Waals surface area contributed by atoms with Crippen LogP contribution >= 0.6 is 0 Å². The van der Waals surface area contributed by atoms with Crippen LogP contribution in [0.3, 0.4) is 0 Å². The maximum Gasteiger partial charge on any atom is 0.272 e. The van der Waals surface area contributed by atoms with Gasteiger partial charge in [0.1, 0.15) is 11.5 Å². The van der Waals surface area contributed by atoms with Crippen molar-refractivity contribution in [2.24, 2.45) is 0 Å². The van der Waals surface area contributed by atoms with E-state index >= 15 is 0 Å². The smallest absolute Gasteiger partial charge is 0.272 e. The Hall–Kier alpha value is -2.23. The second-order valence-electron chi connectivity index (χ2n) is 4.73. The van der Waals surface area contributed by atoms with E-state index in [9.17, 15) is 4.79 Å². The number of amides is 1. The predicted molar refractivity (Wildman–Crippen MR) is 71.7 cm³/mol. The topological polar surface area (TPSA) is 46.1 Å². The number of carbonyl (C=O) groups is 1. The van der Waals surface area contributed by atoms with E-state index in [1.165, 1.54) is 11.1 Å². The second-order valence-corrected chi connectivity index (χ2v) is 4.73. The van der Waals surface area contributed by atoms with Crippen LogP contribution in [-0.4, -0.2) is 27.3 Å². The largest absolute Gasteiger partial charge is 0.333 e. The molecule has 2 heterocycles. The zero-order valence-corrected chi connectivity index (χ0v) is 10.8. The molecule has 0 bridgehead atoms. The van der Waals surface area contributed by atoms with Crippen molar-refractivity contribution in [3.63, 3.8) is 0 Å². The van der Waals surface area contributed by atoms with Crippen LogP contribution in [0.1, 0.15) is 27.4 Å². The third kappa shape index (κ3) is 2.34. The van der Waals surface area contributed by atoms with Crippen LogP contribution in [0.4, 0.5) is 0 Å². The van der Waals surface area contributed by atoms with E-state index in [0.717, 1.165) is 13.0 Å². The number of aromatic nitrogens is 2. The van der Waals surface area contributed by atoms with Gasteiger partial charge in [-0.05, 0) is 30.5 Å². The summed E-state index contributed by atoms with van der Waals surface area (Å²) in [6.45, 7) is 3.21. The van der Waals surface area contributed by atoms with E-state index in [4.69, 9.17) is 0 Å². The maximum atomic E-state index is 12.4. The molecule has 0 fully saturated rings. The van der Waals surface area contributed by atoms with Crippen LogP contribution in [0, 0.1) is 6.92 Å². The Bertz CT molecular complexity index is 624. The van der Waals surface area contributed by atoms with Gasteiger partial charge in [-0.1, -0.05) is 24.3 Å². The molecule has 0 spiro atoms. The SMILES string of the molecule is Cc1nccc(C(=O)N2CCc3ccccc3C2)n1. The van der Waals surface area contributed by atoms with Gasteiger partial charge in [0.2, 0.25) is 0 Å². The number of fused-ring (bicyclic) bond motifs is 1. The van der Waals surface area contributed by atoms with Gasteiger partial charge in [-0.15, -0.1) is 0 Å². The summed E-state index contributed by atoms with van der Waals surface area (Å²) in [7, 11) is 0. The average Bonchev–Trinajstić information content (AvgIpc) is 2.46. The molecule has 0 radical (unpaired) electrons. The minimum absolute atomic E-state index is 0.0139. The van der Waals surface area contributed by atoms with Crippen molar-refractivity contribution in [2.45, 2.75) is 19.9 Å². The van der Waals surface area contributed by atoms with Gasteiger partial charge in [-0.25, -0.2) is 9.97 Å². The Balaban J connectivity index is 1.83. The Morgan fingerprint density at radius 3 is 2.79 bits per heavy atom. The summed E-state index contributed by atoms with van der Waals surface area (Å²) in [5.41, 5.74) is 3.05. The molecule has 1 aromatic heterocycles. The molecule has 96 valence electrons. The highest BCUT2D eigenvalue weighted by Crippen LogP contribution is 2.19. The lowest BCUT2D eigenvalue weighted by atomic mass is 10.00. The van der Waals surface area contributed by atoms with Crippen molar-refractivity contribution < 1.29 is 4.79 Å². The molecular formula is C15H15N3O. The molecule has 0 aliphatic carbocycles. The summed E-state index contributed by atoms with van der Waals surface area (Å²) in [6, 6.07) is 9.95. The second kappa shape index (κ2) is 4.80. The summed E-state index contributed by atoms with van der Waals surface area (Å²) in [5, 5.41) is 0. The van der Waals surface area contributed by atoms with E-state index in [1.807, 2.05) is 17.0 Å². The lowest BCUT2D eigenvalue weighted by Crippen LogP contribution is -2.36. The van der Waals surface area contributed by atoms with E-state index in [0.29, 0.717) is 18.1 Å². The third-order valence-electron chi connectivity index (χ3n) is 3.41. The van der Waals surface area contributed by atoms with E-state index < -0.39 is 0 Å². The molecule has 3 rings (SSSR count). The molecule has 1 amide bonds. The fourth-order valence-corrected chi connectivity index (χ4v) is 2.41. The summed E-state index contributed by atoms with van der Waals surface area (Å²) in [5.74, 6) is 0.614. The summed E-state index contributed by atoms with van der Waals surface area (Å²) < 4.78 is 0. The van der Waals surface area contributed by atoms with Crippen molar-refractivity contribution >= 4 is 5.91 Å². The number of carbonyl (C=O) groups excluding carboxylic acids is 1. The number of nitrogens with zero attached hydrogens (tertiary/aromatic N) is 3. The number of hydrogen-bond acceptors (Lipinski definition) is 3. The lowest BCUT2D eigenvalue weighted by Gasteiger charge is -2.28. The quantitative estimate of drug-likeness (QED) is 0.780. The summed E-state index contributed by atoms with van der Waals surface area (Å²) in [4.78, 5) is 22.5. The van der Waals surface area contributed by atoms with Crippen molar-refractivity contribution in [1.82, 2.24) is 14.9 Å². The molecule has 0 saturated heterocycles. The van der Waals surface area contributed by atoms with Gasteiger partial charge in [-0.2, -0.15) is 0 Å². The molecule has 0 unspecified atom stereocenters. The highest BCUT2D eigenvalue weighted by Gasteiger charge is 2.22. The van der Waals surface area contributed by atoms with Gasteiger partial charge in [-0.3, -0.25) is 4.79 Å². The van der Waals surface area contributed by atoms with Crippen LogP contribution in [0.2, 0.25) is 0 Å². The van der Waals surface area contributed by atoms with Gasteiger partial charge in [0.05, 0.1) is 0 Å². The van der Waals surface area contributed by atoms with Gasteiger partial charge in [0, 0.05) is 19.3 Å².